The van der Waals surface area contributed by atoms with Crippen LogP contribution in [0.3, 0.4) is 0 Å². The second-order valence-corrected chi connectivity index (χ2v) is 7.87. The lowest BCUT2D eigenvalue weighted by molar-refractivity contribution is -0.121. The van der Waals surface area contributed by atoms with Gasteiger partial charge < -0.3 is 4.57 Å². The lowest BCUT2D eigenvalue weighted by atomic mass is 10.2. The summed E-state index contributed by atoms with van der Waals surface area (Å²) in [5.41, 5.74) is 4.47. The minimum absolute atomic E-state index is 0.000308. The zero-order valence-electron chi connectivity index (χ0n) is 14.0. The third-order valence-electron chi connectivity index (χ3n) is 4.04. The maximum atomic E-state index is 12.3. The van der Waals surface area contributed by atoms with Crippen LogP contribution in [0.15, 0.2) is 40.2 Å². The van der Waals surface area contributed by atoms with E-state index in [0.29, 0.717) is 4.91 Å². The average Bonchev–Trinajstić information content (AvgIpc) is 2.99. The Balaban J connectivity index is 2.03. The Bertz CT molecular complexity index is 865. The molecule has 0 aliphatic carbocycles. The van der Waals surface area contributed by atoms with Crippen molar-refractivity contribution in [3.05, 3.63) is 55.8 Å². The van der Waals surface area contributed by atoms with Crippen LogP contribution in [0.2, 0.25) is 0 Å². The van der Waals surface area contributed by atoms with Gasteiger partial charge in [-0.15, -0.1) is 0 Å². The number of nitrogens with zero attached hydrogens (tertiary/aromatic N) is 3. The van der Waals surface area contributed by atoms with Gasteiger partial charge in [-0.05, 0) is 90.2 Å². The summed E-state index contributed by atoms with van der Waals surface area (Å²) in [4.78, 5) is 18.8. The highest BCUT2D eigenvalue weighted by molar-refractivity contribution is 14.1. The third-order valence-corrected chi connectivity index (χ3v) is 5.91. The number of benzene rings is 1. The Morgan fingerprint density at radius 2 is 1.88 bits per heavy atom. The minimum Gasteiger partial charge on any atom is -0.318 e. The molecule has 1 aromatic heterocycles. The van der Waals surface area contributed by atoms with E-state index in [9.17, 15) is 4.79 Å². The van der Waals surface area contributed by atoms with Crippen LogP contribution in [0, 0.1) is 17.4 Å². The number of carbonyl (C=O) groups excluding carboxylic acids is 1. The first-order chi connectivity index (χ1) is 11.4. The summed E-state index contributed by atoms with van der Waals surface area (Å²) in [5, 5.41) is 0.734. The maximum Gasteiger partial charge on any atom is 0.266 e. The first-order valence-corrected chi connectivity index (χ1v) is 9.41. The van der Waals surface area contributed by atoms with E-state index in [-0.39, 0.29) is 5.91 Å². The van der Waals surface area contributed by atoms with Gasteiger partial charge in [-0.2, -0.15) is 0 Å². The largest absolute Gasteiger partial charge is 0.318 e. The molecule has 1 aliphatic rings. The Morgan fingerprint density at radius 1 is 1.21 bits per heavy atom. The number of hydrogen-bond donors (Lipinski definition) is 0. The van der Waals surface area contributed by atoms with Crippen molar-refractivity contribution in [3.8, 4) is 5.69 Å². The summed E-state index contributed by atoms with van der Waals surface area (Å²) in [6, 6.07) is 10.5. The first-order valence-electron chi connectivity index (χ1n) is 7.51. The van der Waals surface area contributed by atoms with Gasteiger partial charge in [-0.25, -0.2) is 0 Å². The van der Waals surface area contributed by atoms with Crippen molar-refractivity contribution in [3.63, 3.8) is 0 Å². The van der Waals surface area contributed by atoms with E-state index in [2.05, 4.69) is 76.3 Å². The molecule has 0 spiro atoms. The van der Waals surface area contributed by atoms with Crippen molar-refractivity contribution in [1.82, 2.24) is 9.47 Å². The minimum atomic E-state index is -0.000308. The molecule has 2 heterocycles. The first kappa shape index (κ1) is 17.3. The fourth-order valence-electron chi connectivity index (χ4n) is 2.81. The van der Waals surface area contributed by atoms with Crippen LogP contribution in [-0.2, 0) is 4.79 Å². The molecule has 6 heteroatoms. The fraction of sp³-hybridized carbons (Fsp3) is 0.222. The molecule has 0 bridgehead atoms. The number of thioether (sulfide) groups is 1. The molecule has 24 heavy (non-hydrogen) atoms. The van der Waals surface area contributed by atoms with Crippen LogP contribution in [0.4, 0.5) is 0 Å². The molecular formula is C18H18IN3OS. The Labute approximate surface area is 159 Å². The molecule has 0 N–H and O–H groups in total. The monoisotopic (exact) mass is 451 g/mol. The highest BCUT2D eigenvalue weighted by Gasteiger charge is 2.30. The van der Waals surface area contributed by atoms with E-state index in [1.54, 1.807) is 19.0 Å². The molecule has 1 amide bonds. The van der Waals surface area contributed by atoms with E-state index >= 15 is 0 Å². The Hall–Kier alpha value is -1.54. The highest BCUT2D eigenvalue weighted by Crippen LogP contribution is 2.33. The molecule has 1 aliphatic heterocycles. The van der Waals surface area contributed by atoms with Crippen LogP contribution < -0.4 is 0 Å². The van der Waals surface area contributed by atoms with E-state index in [4.69, 9.17) is 0 Å². The SMILES string of the molecule is CN=C1S/C(=C\c2cc(C)n(-c3ccc(I)cc3)c2C)C(=O)N1C. The normalized spacial score (nSPS) is 18.2. The van der Waals surface area contributed by atoms with E-state index in [1.807, 2.05) is 6.08 Å². The average molecular weight is 451 g/mol. The summed E-state index contributed by atoms with van der Waals surface area (Å²) < 4.78 is 3.42. The van der Waals surface area contributed by atoms with Crippen molar-refractivity contribution < 1.29 is 4.79 Å². The molecule has 0 atom stereocenters. The molecule has 2 aromatic rings. The molecule has 4 nitrogen and oxygen atoms in total. The zero-order chi connectivity index (χ0) is 17.4. The molecule has 124 valence electrons. The lowest BCUT2D eigenvalue weighted by Gasteiger charge is -2.09. The van der Waals surface area contributed by atoms with Gasteiger partial charge in [0.2, 0.25) is 0 Å². The molecule has 1 saturated heterocycles. The van der Waals surface area contributed by atoms with Gasteiger partial charge in [0.1, 0.15) is 0 Å². The number of aryl methyl sites for hydroxylation is 1. The van der Waals surface area contributed by atoms with Gasteiger partial charge in [0.05, 0.1) is 4.91 Å². The molecule has 3 rings (SSSR count). The predicted molar refractivity (Wildman–Crippen MR) is 110 cm³/mol. The second kappa shape index (κ2) is 6.76. The number of likely N-dealkylation sites (N-methyl/N-ethyl adjacent to an activating group) is 1. The Morgan fingerprint density at radius 3 is 2.46 bits per heavy atom. The highest BCUT2D eigenvalue weighted by atomic mass is 127. The third kappa shape index (κ3) is 3.04. The van der Waals surface area contributed by atoms with Crippen LogP contribution in [0.5, 0.6) is 0 Å². The standard InChI is InChI=1S/C18H18IN3OS/c1-11-9-13(10-16-17(23)21(4)18(20-3)24-16)12(2)22(11)15-7-5-14(19)6-8-15/h5-10H,1-4H3/b16-10-,20-18?. The van der Waals surface area contributed by atoms with Gasteiger partial charge in [0.25, 0.3) is 5.91 Å². The number of rotatable bonds is 2. The quantitative estimate of drug-likeness (QED) is 0.507. The number of aliphatic imine (C=N–C) groups is 1. The second-order valence-electron chi connectivity index (χ2n) is 5.62. The van der Waals surface area contributed by atoms with E-state index in [0.717, 1.165) is 27.8 Å². The molecule has 1 aromatic carbocycles. The van der Waals surface area contributed by atoms with Crippen molar-refractivity contribution in [1.29, 1.82) is 0 Å². The molecule has 0 saturated carbocycles. The molecule has 0 radical (unpaired) electrons. The van der Waals surface area contributed by atoms with Gasteiger partial charge in [-0.1, -0.05) is 0 Å². The number of halogens is 1. The Kier molecular flexibility index (Phi) is 4.87. The van der Waals surface area contributed by atoms with Gasteiger partial charge in [0, 0.05) is 34.7 Å². The number of aromatic nitrogens is 1. The fourth-order valence-corrected chi connectivity index (χ4v) is 4.09. The summed E-state index contributed by atoms with van der Waals surface area (Å²) in [6.45, 7) is 4.17. The number of carbonyl (C=O) groups is 1. The number of amidine groups is 1. The van der Waals surface area contributed by atoms with E-state index in [1.165, 1.54) is 15.3 Å². The summed E-state index contributed by atoms with van der Waals surface area (Å²) in [6.07, 6.45) is 1.97. The van der Waals surface area contributed by atoms with Crippen LogP contribution in [0.1, 0.15) is 17.0 Å². The van der Waals surface area contributed by atoms with E-state index < -0.39 is 0 Å². The van der Waals surface area contributed by atoms with Crippen LogP contribution in [-0.4, -0.2) is 34.6 Å². The predicted octanol–water partition coefficient (Wildman–Crippen LogP) is 4.23. The zero-order valence-corrected chi connectivity index (χ0v) is 17.0. The van der Waals surface area contributed by atoms with Crippen molar-refractivity contribution in [2.75, 3.05) is 14.1 Å². The van der Waals surface area contributed by atoms with Crippen molar-refractivity contribution in [2.45, 2.75) is 13.8 Å². The summed E-state index contributed by atoms with van der Waals surface area (Å²) in [5.74, 6) is -0.000308. The number of hydrogen-bond acceptors (Lipinski definition) is 3. The summed E-state index contributed by atoms with van der Waals surface area (Å²) >= 11 is 3.73. The van der Waals surface area contributed by atoms with Crippen LogP contribution in [0.25, 0.3) is 11.8 Å². The topological polar surface area (TPSA) is 37.6 Å². The summed E-state index contributed by atoms with van der Waals surface area (Å²) in [7, 11) is 3.46. The number of amides is 1. The van der Waals surface area contributed by atoms with Crippen molar-refractivity contribution >= 4 is 51.5 Å². The molecular weight excluding hydrogens is 433 g/mol. The van der Waals surface area contributed by atoms with Crippen LogP contribution >= 0.6 is 34.4 Å². The molecule has 1 fully saturated rings. The van der Waals surface area contributed by atoms with Crippen molar-refractivity contribution in [2.24, 2.45) is 4.99 Å². The van der Waals surface area contributed by atoms with Gasteiger partial charge >= 0.3 is 0 Å². The van der Waals surface area contributed by atoms with Gasteiger partial charge in [-0.3, -0.25) is 14.7 Å². The maximum absolute atomic E-state index is 12.3. The lowest BCUT2D eigenvalue weighted by Crippen LogP contribution is -2.23. The smallest absolute Gasteiger partial charge is 0.266 e. The molecule has 0 unspecified atom stereocenters. The van der Waals surface area contributed by atoms with Gasteiger partial charge in [0.15, 0.2) is 5.17 Å².